The SMILES string of the molecule is CCOC(=O)c1cc([N+](=O)[O-])cc(CCl)c1OC. The predicted molar refractivity (Wildman–Crippen MR) is 65.2 cm³/mol. The molecule has 6 nitrogen and oxygen atoms in total. The number of ether oxygens (including phenoxy) is 2. The molecule has 98 valence electrons. The average molecular weight is 274 g/mol. The highest BCUT2D eigenvalue weighted by molar-refractivity contribution is 6.17. The fourth-order valence-electron chi connectivity index (χ4n) is 1.48. The molecule has 0 spiro atoms. The van der Waals surface area contributed by atoms with E-state index in [1.54, 1.807) is 6.92 Å². The first-order valence-corrected chi connectivity index (χ1v) is 5.67. The number of benzene rings is 1. The molecule has 0 saturated carbocycles. The molecule has 0 atom stereocenters. The Hall–Kier alpha value is -1.82. The smallest absolute Gasteiger partial charge is 0.342 e. The summed E-state index contributed by atoms with van der Waals surface area (Å²) in [6, 6.07) is 2.39. The molecule has 0 aromatic heterocycles. The summed E-state index contributed by atoms with van der Waals surface area (Å²) in [6.45, 7) is 1.81. The van der Waals surface area contributed by atoms with Gasteiger partial charge in [0.2, 0.25) is 0 Å². The Bertz CT molecular complexity index is 475. The van der Waals surface area contributed by atoms with Crippen molar-refractivity contribution >= 4 is 23.3 Å². The molecule has 0 radical (unpaired) electrons. The van der Waals surface area contributed by atoms with Gasteiger partial charge in [-0.25, -0.2) is 4.79 Å². The number of methoxy groups -OCH3 is 1. The fraction of sp³-hybridized carbons (Fsp3) is 0.364. The first kappa shape index (κ1) is 14.2. The number of carbonyl (C=O) groups is 1. The van der Waals surface area contributed by atoms with Gasteiger partial charge >= 0.3 is 5.97 Å². The highest BCUT2D eigenvalue weighted by Crippen LogP contribution is 2.31. The van der Waals surface area contributed by atoms with Crippen LogP contribution < -0.4 is 4.74 Å². The van der Waals surface area contributed by atoms with Crippen molar-refractivity contribution in [2.24, 2.45) is 0 Å². The third kappa shape index (κ3) is 2.89. The molecule has 0 bridgehead atoms. The zero-order valence-electron chi connectivity index (χ0n) is 9.94. The molecular weight excluding hydrogens is 262 g/mol. The molecule has 0 amide bonds. The van der Waals surface area contributed by atoms with Gasteiger partial charge in [0.15, 0.2) is 0 Å². The standard InChI is InChI=1S/C11H12ClNO5/c1-3-18-11(14)9-5-8(13(15)16)4-7(6-12)10(9)17-2/h4-5H,3,6H2,1-2H3. The van der Waals surface area contributed by atoms with Crippen molar-refractivity contribution in [3.63, 3.8) is 0 Å². The number of alkyl halides is 1. The van der Waals surface area contributed by atoms with Crippen molar-refractivity contribution in [2.75, 3.05) is 13.7 Å². The molecule has 1 rings (SSSR count). The van der Waals surface area contributed by atoms with Gasteiger partial charge in [-0.3, -0.25) is 10.1 Å². The van der Waals surface area contributed by atoms with Crippen LogP contribution >= 0.6 is 11.6 Å². The van der Waals surface area contributed by atoms with Crippen LogP contribution in [-0.4, -0.2) is 24.6 Å². The number of halogens is 1. The molecule has 18 heavy (non-hydrogen) atoms. The monoisotopic (exact) mass is 273 g/mol. The summed E-state index contributed by atoms with van der Waals surface area (Å²) in [4.78, 5) is 21.9. The summed E-state index contributed by atoms with van der Waals surface area (Å²) in [5.74, 6) is -0.476. The van der Waals surface area contributed by atoms with E-state index in [0.29, 0.717) is 5.56 Å². The number of carbonyl (C=O) groups excluding carboxylic acids is 1. The van der Waals surface area contributed by atoms with Crippen LogP contribution in [0.15, 0.2) is 12.1 Å². The van der Waals surface area contributed by atoms with Gasteiger partial charge in [-0.1, -0.05) is 0 Å². The summed E-state index contributed by atoms with van der Waals surface area (Å²) < 4.78 is 9.88. The Morgan fingerprint density at radius 3 is 2.61 bits per heavy atom. The van der Waals surface area contributed by atoms with Gasteiger partial charge in [0.1, 0.15) is 11.3 Å². The summed E-state index contributed by atoms with van der Waals surface area (Å²) in [5.41, 5.74) is 0.148. The number of nitro benzene ring substituents is 1. The molecular formula is C11H12ClNO5. The van der Waals surface area contributed by atoms with Gasteiger partial charge < -0.3 is 9.47 Å². The molecule has 0 N–H and O–H groups in total. The van der Waals surface area contributed by atoms with Crippen LogP contribution in [0, 0.1) is 10.1 Å². The van der Waals surface area contributed by atoms with Gasteiger partial charge in [0.05, 0.1) is 24.5 Å². The van der Waals surface area contributed by atoms with E-state index in [9.17, 15) is 14.9 Å². The lowest BCUT2D eigenvalue weighted by Gasteiger charge is -2.11. The largest absolute Gasteiger partial charge is 0.496 e. The Balaban J connectivity index is 3.40. The number of non-ortho nitro benzene ring substituents is 1. The third-order valence-electron chi connectivity index (χ3n) is 2.20. The van der Waals surface area contributed by atoms with Gasteiger partial charge in [-0.05, 0) is 6.92 Å². The summed E-state index contributed by atoms with van der Waals surface area (Å²) in [6.07, 6.45) is 0. The predicted octanol–water partition coefficient (Wildman–Crippen LogP) is 2.52. The van der Waals surface area contributed by atoms with Crippen LogP contribution in [0.5, 0.6) is 5.75 Å². The second kappa shape index (κ2) is 6.20. The van der Waals surface area contributed by atoms with E-state index < -0.39 is 10.9 Å². The van der Waals surface area contributed by atoms with Gasteiger partial charge in [0, 0.05) is 17.7 Å². The van der Waals surface area contributed by atoms with Crippen molar-refractivity contribution in [3.8, 4) is 5.75 Å². The summed E-state index contributed by atoms with van der Waals surface area (Å²) in [7, 11) is 1.36. The van der Waals surface area contributed by atoms with E-state index in [4.69, 9.17) is 21.1 Å². The molecule has 0 saturated heterocycles. The van der Waals surface area contributed by atoms with E-state index in [1.807, 2.05) is 0 Å². The molecule has 0 aliphatic rings. The van der Waals surface area contributed by atoms with Crippen LogP contribution in [-0.2, 0) is 10.6 Å². The molecule has 0 aliphatic heterocycles. The highest BCUT2D eigenvalue weighted by atomic mass is 35.5. The van der Waals surface area contributed by atoms with E-state index in [2.05, 4.69) is 0 Å². The normalized spacial score (nSPS) is 9.94. The first-order chi connectivity index (χ1) is 8.54. The zero-order chi connectivity index (χ0) is 13.7. The number of nitro groups is 1. The van der Waals surface area contributed by atoms with Gasteiger partial charge in [0.25, 0.3) is 5.69 Å². The quantitative estimate of drug-likeness (QED) is 0.356. The van der Waals surface area contributed by atoms with Crippen molar-refractivity contribution in [1.29, 1.82) is 0 Å². The summed E-state index contributed by atoms with van der Waals surface area (Å²) in [5, 5.41) is 10.8. The number of nitrogens with zero attached hydrogens (tertiary/aromatic N) is 1. The van der Waals surface area contributed by atoms with Gasteiger partial charge in [-0.15, -0.1) is 11.6 Å². The molecule has 1 aromatic rings. The number of hydrogen-bond donors (Lipinski definition) is 0. The minimum atomic E-state index is -0.676. The Morgan fingerprint density at radius 1 is 1.50 bits per heavy atom. The van der Waals surface area contributed by atoms with Crippen molar-refractivity contribution < 1.29 is 19.2 Å². The lowest BCUT2D eigenvalue weighted by molar-refractivity contribution is -0.385. The van der Waals surface area contributed by atoms with Crippen LogP contribution in [0.1, 0.15) is 22.8 Å². The van der Waals surface area contributed by atoms with Gasteiger partial charge in [-0.2, -0.15) is 0 Å². The topological polar surface area (TPSA) is 78.7 Å². The third-order valence-corrected chi connectivity index (χ3v) is 2.49. The molecule has 0 aliphatic carbocycles. The number of hydrogen-bond acceptors (Lipinski definition) is 5. The Labute approximate surface area is 109 Å². The molecule has 0 fully saturated rings. The van der Waals surface area contributed by atoms with E-state index in [0.717, 1.165) is 6.07 Å². The van der Waals surface area contributed by atoms with Crippen LogP contribution in [0.3, 0.4) is 0 Å². The molecule has 7 heteroatoms. The van der Waals surface area contributed by atoms with E-state index in [1.165, 1.54) is 13.2 Å². The van der Waals surface area contributed by atoms with Crippen molar-refractivity contribution in [2.45, 2.75) is 12.8 Å². The first-order valence-electron chi connectivity index (χ1n) is 5.13. The lowest BCUT2D eigenvalue weighted by Crippen LogP contribution is -2.09. The van der Waals surface area contributed by atoms with Crippen LogP contribution in [0.4, 0.5) is 5.69 Å². The van der Waals surface area contributed by atoms with Crippen LogP contribution in [0.25, 0.3) is 0 Å². The maximum Gasteiger partial charge on any atom is 0.342 e. The number of esters is 1. The maximum atomic E-state index is 11.7. The van der Waals surface area contributed by atoms with Crippen molar-refractivity contribution in [3.05, 3.63) is 33.4 Å². The van der Waals surface area contributed by atoms with Crippen LogP contribution in [0.2, 0.25) is 0 Å². The Morgan fingerprint density at radius 2 is 2.17 bits per heavy atom. The van der Waals surface area contributed by atoms with Crippen molar-refractivity contribution in [1.82, 2.24) is 0 Å². The summed E-state index contributed by atoms with van der Waals surface area (Å²) >= 11 is 5.69. The lowest BCUT2D eigenvalue weighted by atomic mass is 10.1. The van der Waals surface area contributed by atoms with E-state index in [-0.39, 0.29) is 29.5 Å². The average Bonchev–Trinajstić information content (AvgIpc) is 2.37. The molecule has 0 heterocycles. The second-order valence-electron chi connectivity index (χ2n) is 3.30. The minimum Gasteiger partial charge on any atom is -0.496 e. The Kier molecular flexibility index (Phi) is 4.91. The highest BCUT2D eigenvalue weighted by Gasteiger charge is 2.22. The maximum absolute atomic E-state index is 11.7. The zero-order valence-corrected chi connectivity index (χ0v) is 10.7. The fourth-order valence-corrected chi connectivity index (χ4v) is 1.68. The molecule has 1 aromatic carbocycles. The second-order valence-corrected chi connectivity index (χ2v) is 3.56. The number of rotatable bonds is 5. The minimum absolute atomic E-state index is 0.00272. The molecule has 0 unspecified atom stereocenters. The van der Waals surface area contributed by atoms with E-state index >= 15 is 0 Å².